The molecule has 2 rings (SSSR count). The van der Waals surface area contributed by atoms with Crippen LogP contribution in [0, 0.1) is 0 Å². The third-order valence-electron chi connectivity index (χ3n) is 2.65. The van der Waals surface area contributed by atoms with Gasteiger partial charge in [-0.2, -0.15) is 0 Å². The lowest BCUT2D eigenvalue weighted by Crippen LogP contribution is -2.24. The molecule has 1 aromatic carbocycles. The summed E-state index contributed by atoms with van der Waals surface area (Å²) >= 11 is 11.9. The fourth-order valence-electron chi connectivity index (χ4n) is 1.75. The molecule has 0 aliphatic heterocycles. The minimum Gasteiger partial charge on any atom is -0.477 e. The fourth-order valence-corrected chi connectivity index (χ4v) is 2.25. The van der Waals surface area contributed by atoms with Crippen LogP contribution in [0.1, 0.15) is 12.7 Å². The molecule has 5 nitrogen and oxygen atoms in total. The van der Waals surface area contributed by atoms with Crippen molar-refractivity contribution in [2.75, 3.05) is 0 Å². The smallest absolute Gasteiger partial charge is 0.352 e. The molecule has 1 aromatic heterocycles. The van der Waals surface area contributed by atoms with Crippen molar-refractivity contribution < 1.29 is 19.1 Å². The first-order valence-corrected chi connectivity index (χ1v) is 6.90. The number of hydrogen-bond acceptors (Lipinski definition) is 3. The Morgan fingerprint density at radius 1 is 1.23 bits per heavy atom. The first kappa shape index (κ1) is 16.1. The molecule has 0 atom stereocenters. The van der Waals surface area contributed by atoms with E-state index < -0.39 is 11.9 Å². The minimum absolute atomic E-state index is 0.271. The van der Waals surface area contributed by atoms with E-state index in [2.05, 4.69) is 5.32 Å². The van der Waals surface area contributed by atoms with Gasteiger partial charge in [0, 0.05) is 23.6 Å². The van der Waals surface area contributed by atoms with Crippen molar-refractivity contribution in [3.05, 3.63) is 51.8 Å². The summed E-state index contributed by atoms with van der Waals surface area (Å²) in [6.45, 7) is 1.22. The molecule has 0 saturated carbocycles. The summed E-state index contributed by atoms with van der Waals surface area (Å²) in [6, 6.07) is 8.17. The van der Waals surface area contributed by atoms with E-state index in [1.54, 1.807) is 30.3 Å². The predicted molar refractivity (Wildman–Crippen MR) is 83.6 cm³/mol. The number of rotatable bonds is 4. The van der Waals surface area contributed by atoms with Gasteiger partial charge >= 0.3 is 5.97 Å². The highest BCUT2D eigenvalue weighted by Gasteiger charge is 2.12. The number of amides is 1. The summed E-state index contributed by atoms with van der Waals surface area (Å²) in [5, 5.41) is 12.2. The predicted octanol–water partition coefficient (Wildman–Crippen LogP) is 3.82. The van der Waals surface area contributed by atoms with Crippen LogP contribution in [-0.2, 0) is 9.59 Å². The number of nitrogens with one attached hydrogen (secondary N) is 1. The number of furan rings is 1. The first-order valence-electron chi connectivity index (χ1n) is 6.14. The van der Waals surface area contributed by atoms with Crippen molar-refractivity contribution in [1.29, 1.82) is 0 Å². The molecule has 1 heterocycles. The second-order valence-corrected chi connectivity index (χ2v) is 5.21. The molecule has 114 valence electrons. The van der Waals surface area contributed by atoms with E-state index in [9.17, 15) is 9.59 Å². The largest absolute Gasteiger partial charge is 0.477 e. The summed E-state index contributed by atoms with van der Waals surface area (Å²) in [7, 11) is 0. The molecule has 0 aliphatic rings. The molecule has 0 fully saturated rings. The number of hydrogen-bond donors (Lipinski definition) is 2. The topological polar surface area (TPSA) is 79.5 Å². The minimum atomic E-state index is -1.27. The van der Waals surface area contributed by atoms with Gasteiger partial charge in [-0.3, -0.25) is 4.79 Å². The number of halogens is 2. The molecular weight excluding hydrogens is 329 g/mol. The van der Waals surface area contributed by atoms with Crippen molar-refractivity contribution >= 4 is 41.2 Å². The molecule has 0 radical (unpaired) electrons. The summed E-state index contributed by atoms with van der Waals surface area (Å²) in [4.78, 5) is 22.0. The molecule has 7 heteroatoms. The zero-order chi connectivity index (χ0) is 16.3. The molecular formula is C15H11Cl2NO4. The quantitative estimate of drug-likeness (QED) is 0.830. The van der Waals surface area contributed by atoms with Gasteiger partial charge in [0.1, 0.15) is 17.2 Å². The highest BCUT2D eigenvalue weighted by molar-refractivity contribution is 6.36. The van der Waals surface area contributed by atoms with Gasteiger partial charge in [0.15, 0.2) is 0 Å². The van der Waals surface area contributed by atoms with E-state index in [0.717, 1.165) is 0 Å². The van der Waals surface area contributed by atoms with Gasteiger partial charge in [-0.05, 0) is 30.3 Å². The highest BCUT2D eigenvalue weighted by atomic mass is 35.5. The Labute approximate surface area is 136 Å². The third kappa shape index (κ3) is 3.90. The van der Waals surface area contributed by atoms with Crippen LogP contribution in [-0.4, -0.2) is 17.0 Å². The maximum Gasteiger partial charge on any atom is 0.352 e. The Morgan fingerprint density at radius 2 is 1.95 bits per heavy atom. The second-order valence-electron chi connectivity index (χ2n) is 4.37. The number of benzene rings is 1. The van der Waals surface area contributed by atoms with E-state index in [-0.39, 0.29) is 11.5 Å². The lowest BCUT2D eigenvalue weighted by molar-refractivity contribution is -0.134. The number of carbonyl (C=O) groups is 2. The monoisotopic (exact) mass is 339 g/mol. The molecule has 2 N–H and O–H groups in total. The van der Waals surface area contributed by atoms with Crippen LogP contribution in [0.5, 0.6) is 0 Å². The average molecular weight is 340 g/mol. The maximum atomic E-state index is 11.0. The van der Waals surface area contributed by atoms with E-state index >= 15 is 0 Å². The molecule has 0 aliphatic carbocycles. The Balaban J connectivity index is 2.34. The van der Waals surface area contributed by atoms with Crippen molar-refractivity contribution in [2.24, 2.45) is 0 Å². The van der Waals surface area contributed by atoms with Crippen LogP contribution in [0.2, 0.25) is 10.0 Å². The molecule has 0 bridgehead atoms. The van der Waals surface area contributed by atoms with Crippen LogP contribution in [0.25, 0.3) is 17.4 Å². The van der Waals surface area contributed by atoms with Crippen LogP contribution < -0.4 is 5.32 Å². The van der Waals surface area contributed by atoms with Crippen LogP contribution in [0.4, 0.5) is 0 Å². The lowest BCUT2D eigenvalue weighted by atomic mass is 10.2. The second kappa shape index (κ2) is 6.68. The van der Waals surface area contributed by atoms with Gasteiger partial charge in [0.05, 0.1) is 5.02 Å². The van der Waals surface area contributed by atoms with E-state index in [1.807, 2.05) is 0 Å². The Hall–Kier alpha value is -2.24. The van der Waals surface area contributed by atoms with Crippen molar-refractivity contribution in [3.63, 3.8) is 0 Å². The fraction of sp³-hybridized carbons (Fsp3) is 0.0667. The van der Waals surface area contributed by atoms with Crippen molar-refractivity contribution in [1.82, 2.24) is 5.32 Å². The Bertz CT molecular complexity index is 765. The molecule has 0 saturated heterocycles. The molecule has 2 aromatic rings. The number of carboxylic acids is 1. The van der Waals surface area contributed by atoms with Gasteiger partial charge in [-0.1, -0.05) is 23.2 Å². The Kier molecular flexibility index (Phi) is 4.90. The molecule has 0 spiro atoms. The average Bonchev–Trinajstić information content (AvgIpc) is 2.85. The van der Waals surface area contributed by atoms with Crippen LogP contribution in [0.15, 0.2) is 40.4 Å². The zero-order valence-electron chi connectivity index (χ0n) is 11.4. The van der Waals surface area contributed by atoms with Gasteiger partial charge < -0.3 is 14.8 Å². The lowest BCUT2D eigenvalue weighted by Gasteiger charge is -2.02. The maximum absolute atomic E-state index is 11.0. The van der Waals surface area contributed by atoms with E-state index in [1.165, 1.54) is 13.0 Å². The van der Waals surface area contributed by atoms with Crippen LogP contribution >= 0.6 is 23.2 Å². The first-order chi connectivity index (χ1) is 10.4. The number of aliphatic carboxylic acids is 1. The van der Waals surface area contributed by atoms with Gasteiger partial charge in [-0.25, -0.2) is 4.79 Å². The SMILES string of the molecule is CC(=O)NC(=Cc1ccc(-c2ccc(Cl)cc2Cl)o1)C(=O)O. The third-order valence-corrected chi connectivity index (χ3v) is 3.20. The summed E-state index contributed by atoms with van der Waals surface area (Å²) in [6.07, 6.45) is 1.22. The molecule has 1 amide bonds. The molecule has 0 unspecified atom stereocenters. The van der Waals surface area contributed by atoms with Crippen LogP contribution in [0.3, 0.4) is 0 Å². The molecule has 22 heavy (non-hydrogen) atoms. The Morgan fingerprint density at radius 3 is 2.55 bits per heavy atom. The van der Waals surface area contributed by atoms with Gasteiger partial charge in [0.25, 0.3) is 0 Å². The normalized spacial score (nSPS) is 11.3. The summed E-state index contributed by atoms with van der Waals surface area (Å²) in [5.41, 5.74) is 0.345. The van der Waals surface area contributed by atoms with Crippen molar-refractivity contribution in [2.45, 2.75) is 6.92 Å². The van der Waals surface area contributed by atoms with E-state index in [0.29, 0.717) is 21.4 Å². The van der Waals surface area contributed by atoms with Gasteiger partial charge in [0.2, 0.25) is 5.91 Å². The summed E-state index contributed by atoms with van der Waals surface area (Å²) in [5.74, 6) is -1.02. The standard InChI is InChI=1S/C15H11Cl2NO4/c1-8(19)18-13(15(20)21)7-10-3-5-14(22-10)11-4-2-9(16)6-12(11)17/h2-7H,1H3,(H,18,19)(H,20,21). The zero-order valence-corrected chi connectivity index (χ0v) is 12.9. The number of carboxylic acid groups (broad SMARTS) is 1. The highest BCUT2D eigenvalue weighted by Crippen LogP contribution is 2.31. The van der Waals surface area contributed by atoms with Crippen molar-refractivity contribution in [3.8, 4) is 11.3 Å². The summed E-state index contributed by atoms with van der Waals surface area (Å²) < 4.78 is 5.53. The van der Waals surface area contributed by atoms with Gasteiger partial charge in [-0.15, -0.1) is 0 Å². The van der Waals surface area contributed by atoms with E-state index in [4.69, 9.17) is 32.7 Å². The number of carbonyl (C=O) groups excluding carboxylic acids is 1.